The van der Waals surface area contributed by atoms with E-state index in [-0.39, 0.29) is 11.9 Å². The van der Waals surface area contributed by atoms with Crippen LogP contribution in [0.3, 0.4) is 0 Å². The molecule has 70 valence electrons. The van der Waals surface area contributed by atoms with Crippen molar-refractivity contribution in [3.63, 3.8) is 0 Å². The van der Waals surface area contributed by atoms with E-state index in [9.17, 15) is 4.79 Å². The van der Waals surface area contributed by atoms with Crippen LogP contribution >= 0.6 is 0 Å². The fourth-order valence-electron chi connectivity index (χ4n) is 0.912. The van der Waals surface area contributed by atoms with Gasteiger partial charge < -0.3 is 5.32 Å². The lowest BCUT2D eigenvalue weighted by atomic mass is 10.2. The molecule has 0 saturated carbocycles. The third-order valence-electron chi connectivity index (χ3n) is 1.93. The molecule has 0 saturated heterocycles. The number of hydrogen-bond acceptors (Lipinski definition) is 2. The number of nitrogens with zero attached hydrogens (tertiary/aromatic N) is 1. The van der Waals surface area contributed by atoms with Gasteiger partial charge in [-0.05, 0) is 25.5 Å². The van der Waals surface area contributed by atoms with E-state index >= 15 is 0 Å². The normalized spacial score (nSPS) is 12.2. The Labute approximate surface area is 78.2 Å². The van der Waals surface area contributed by atoms with Crippen molar-refractivity contribution >= 4 is 5.91 Å². The molecule has 0 fully saturated rings. The van der Waals surface area contributed by atoms with Crippen molar-refractivity contribution in [2.45, 2.75) is 26.3 Å². The van der Waals surface area contributed by atoms with Crippen LogP contribution in [0.25, 0.3) is 0 Å². The van der Waals surface area contributed by atoms with Crippen LogP contribution in [0.15, 0.2) is 24.5 Å². The number of hydrogen-bond donors (Lipinski definition) is 1. The number of carbonyl (C=O) groups excluding carboxylic acids is 1. The molecule has 1 aromatic rings. The van der Waals surface area contributed by atoms with Crippen LogP contribution in [0.4, 0.5) is 0 Å². The van der Waals surface area contributed by atoms with Crippen molar-refractivity contribution in [1.29, 1.82) is 0 Å². The lowest BCUT2D eigenvalue weighted by Crippen LogP contribution is -2.31. The Balaban J connectivity index is 2.59. The second-order valence-corrected chi connectivity index (χ2v) is 3.02. The Morgan fingerprint density at radius 2 is 2.15 bits per heavy atom. The maximum atomic E-state index is 11.5. The molecule has 1 amide bonds. The summed E-state index contributed by atoms with van der Waals surface area (Å²) in [6.45, 7) is 4.02. The molecule has 0 radical (unpaired) electrons. The van der Waals surface area contributed by atoms with Gasteiger partial charge in [0.2, 0.25) is 0 Å². The molecule has 1 rings (SSSR count). The van der Waals surface area contributed by atoms with E-state index in [0.717, 1.165) is 6.42 Å². The summed E-state index contributed by atoms with van der Waals surface area (Å²) in [5.41, 5.74) is 0.662. The number of carbonyl (C=O) groups is 1. The van der Waals surface area contributed by atoms with Gasteiger partial charge in [0.05, 0.1) is 0 Å². The summed E-state index contributed by atoms with van der Waals surface area (Å²) in [7, 11) is 0. The van der Waals surface area contributed by atoms with Gasteiger partial charge in [-0.15, -0.1) is 0 Å². The van der Waals surface area contributed by atoms with E-state index < -0.39 is 0 Å². The van der Waals surface area contributed by atoms with Crippen molar-refractivity contribution in [3.8, 4) is 0 Å². The highest BCUT2D eigenvalue weighted by Gasteiger charge is 2.06. The molecular formula is C10H14N2O. The lowest BCUT2D eigenvalue weighted by molar-refractivity contribution is 0.0939. The van der Waals surface area contributed by atoms with Crippen LogP contribution in [-0.4, -0.2) is 16.9 Å². The predicted octanol–water partition coefficient (Wildman–Crippen LogP) is 1.61. The Bertz CT molecular complexity index is 272. The second kappa shape index (κ2) is 4.60. The van der Waals surface area contributed by atoms with Gasteiger partial charge in [0.25, 0.3) is 5.91 Å². The van der Waals surface area contributed by atoms with Gasteiger partial charge in [-0.1, -0.05) is 6.92 Å². The fraction of sp³-hybridized carbons (Fsp3) is 0.400. The molecular weight excluding hydrogens is 164 g/mol. The maximum absolute atomic E-state index is 11.5. The Morgan fingerprint density at radius 1 is 1.54 bits per heavy atom. The summed E-state index contributed by atoms with van der Waals surface area (Å²) in [6.07, 6.45) is 4.17. The quantitative estimate of drug-likeness (QED) is 0.764. The number of nitrogens with one attached hydrogen (secondary N) is 1. The summed E-state index contributed by atoms with van der Waals surface area (Å²) >= 11 is 0. The molecule has 0 bridgehead atoms. The number of rotatable bonds is 3. The zero-order chi connectivity index (χ0) is 9.68. The monoisotopic (exact) mass is 178 g/mol. The van der Waals surface area contributed by atoms with Gasteiger partial charge in [-0.25, -0.2) is 0 Å². The lowest BCUT2D eigenvalue weighted by Gasteiger charge is -2.10. The van der Waals surface area contributed by atoms with E-state index in [4.69, 9.17) is 0 Å². The van der Waals surface area contributed by atoms with E-state index in [1.165, 1.54) is 0 Å². The zero-order valence-electron chi connectivity index (χ0n) is 7.95. The van der Waals surface area contributed by atoms with Crippen molar-refractivity contribution in [1.82, 2.24) is 10.3 Å². The number of pyridine rings is 1. The first-order valence-electron chi connectivity index (χ1n) is 4.45. The highest BCUT2D eigenvalue weighted by molar-refractivity contribution is 5.94. The smallest absolute Gasteiger partial charge is 0.251 e. The molecule has 1 N–H and O–H groups in total. The number of amides is 1. The molecule has 0 unspecified atom stereocenters. The van der Waals surface area contributed by atoms with Crippen molar-refractivity contribution in [2.24, 2.45) is 0 Å². The summed E-state index contributed by atoms with van der Waals surface area (Å²) < 4.78 is 0. The van der Waals surface area contributed by atoms with Gasteiger partial charge in [0.1, 0.15) is 0 Å². The molecule has 13 heavy (non-hydrogen) atoms. The van der Waals surface area contributed by atoms with Gasteiger partial charge in [-0.2, -0.15) is 0 Å². The summed E-state index contributed by atoms with van der Waals surface area (Å²) in [5.74, 6) is -0.0308. The van der Waals surface area contributed by atoms with Crippen LogP contribution in [-0.2, 0) is 0 Å². The minimum Gasteiger partial charge on any atom is -0.350 e. The molecule has 1 heterocycles. The Hall–Kier alpha value is -1.38. The maximum Gasteiger partial charge on any atom is 0.251 e. The largest absolute Gasteiger partial charge is 0.350 e. The van der Waals surface area contributed by atoms with Gasteiger partial charge >= 0.3 is 0 Å². The minimum absolute atomic E-state index is 0.0308. The molecule has 1 atom stereocenters. The van der Waals surface area contributed by atoms with Crippen molar-refractivity contribution in [2.75, 3.05) is 0 Å². The zero-order valence-corrected chi connectivity index (χ0v) is 7.95. The average Bonchev–Trinajstić information content (AvgIpc) is 2.19. The summed E-state index contributed by atoms with van der Waals surface area (Å²) in [5, 5.41) is 2.88. The summed E-state index contributed by atoms with van der Waals surface area (Å²) in [6, 6.07) is 3.63. The van der Waals surface area contributed by atoms with Crippen LogP contribution < -0.4 is 5.32 Å². The topological polar surface area (TPSA) is 42.0 Å². The Kier molecular flexibility index (Phi) is 3.43. The molecule has 0 spiro atoms. The van der Waals surface area contributed by atoms with Crippen LogP contribution in [0.2, 0.25) is 0 Å². The third-order valence-corrected chi connectivity index (χ3v) is 1.93. The van der Waals surface area contributed by atoms with E-state index in [1.807, 2.05) is 13.8 Å². The SMILES string of the molecule is CC[C@@H](C)NC(=O)c1ccncc1. The van der Waals surface area contributed by atoms with Crippen LogP contribution in [0.1, 0.15) is 30.6 Å². The third kappa shape index (κ3) is 2.86. The first-order chi connectivity index (χ1) is 6.24. The number of aromatic nitrogens is 1. The van der Waals surface area contributed by atoms with Crippen molar-refractivity contribution in [3.05, 3.63) is 30.1 Å². The van der Waals surface area contributed by atoms with Crippen molar-refractivity contribution < 1.29 is 4.79 Å². The molecule has 0 aromatic carbocycles. The van der Waals surface area contributed by atoms with Gasteiger partial charge in [0, 0.05) is 24.0 Å². The first kappa shape index (κ1) is 9.71. The second-order valence-electron chi connectivity index (χ2n) is 3.02. The molecule has 0 aliphatic carbocycles. The van der Waals surface area contributed by atoms with E-state index in [2.05, 4.69) is 10.3 Å². The van der Waals surface area contributed by atoms with E-state index in [0.29, 0.717) is 5.56 Å². The van der Waals surface area contributed by atoms with Gasteiger partial charge in [-0.3, -0.25) is 9.78 Å². The predicted molar refractivity (Wildman–Crippen MR) is 51.5 cm³/mol. The first-order valence-corrected chi connectivity index (χ1v) is 4.45. The summed E-state index contributed by atoms with van der Waals surface area (Å²) in [4.78, 5) is 15.3. The highest BCUT2D eigenvalue weighted by Crippen LogP contribution is 1.97. The highest BCUT2D eigenvalue weighted by atomic mass is 16.1. The van der Waals surface area contributed by atoms with Crippen LogP contribution in [0.5, 0.6) is 0 Å². The average molecular weight is 178 g/mol. The van der Waals surface area contributed by atoms with Crippen LogP contribution in [0, 0.1) is 0 Å². The molecule has 3 heteroatoms. The molecule has 1 aromatic heterocycles. The van der Waals surface area contributed by atoms with E-state index in [1.54, 1.807) is 24.5 Å². The standard InChI is InChI=1S/C10H14N2O/c1-3-8(2)12-10(13)9-4-6-11-7-5-9/h4-8H,3H2,1-2H3,(H,12,13)/t8-/m1/s1. The Morgan fingerprint density at radius 3 is 2.69 bits per heavy atom. The fourth-order valence-corrected chi connectivity index (χ4v) is 0.912. The molecule has 3 nitrogen and oxygen atoms in total. The minimum atomic E-state index is -0.0308. The molecule has 0 aliphatic rings. The molecule has 0 aliphatic heterocycles. The van der Waals surface area contributed by atoms with Gasteiger partial charge in [0.15, 0.2) is 0 Å².